The van der Waals surface area contributed by atoms with Crippen LogP contribution in [-0.4, -0.2) is 5.17 Å². The molecule has 0 aliphatic heterocycles. The van der Waals surface area contributed by atoms with E-state index in [4.69, 9.17) is 11.6 Å². The fraction of sp³-hybridized carbons (Fsp3) is 0. The van der Waals surface area contributed by atoms with Crippen molar-refractivity contribution in [1.29, 1.82) is 0 Å². The fourth-order valence-corrected chi connectivity index (χ4v) is 1.71. The van der Waals surface area contributed by atoms with Crippen LogP contribution in [0.1, 0.15) is 5.56 Å². The van der Waals surface area contributed by atoms with Crippen molar-refractivity contribution in [3.8, 4) is 0 Å². The normalized spacial score (nSPS) is 11.3. The van der Waals surface area contributed by atoms with E-state index in [1.165, 1.54) is 0 Å². The van der Waals surface area contributed by atoms with Gasteiger partial charge in [0.05, 0.1) is 5.69 Å². The zero-order valence-corrected chi connectivity index (χ0v) is 11.2. The summed E-state index contributed by atoms with van der Waals surface area (Å²) in [6, 6.07) is 17.3. The molecule has 0 aliphatic carbocycles. The summed E-state index contributed by atoms with van der Waals surface area (Å²) in [5, 5.41) is 4.55. The fourth-order valence-electron chi connectivity index (χ4n) is 1.28. The van der Waals surface area contributed by atoms with Crippen molar-refractivity contribution in [3.05, 3.63) is 64.6 Å². The highest BCUT2D eigenvalue weighted by molar-refractivity contribution is 9.10. The van der Waals surface area contributed by atoms with Gasteiger partial charge in [0.2, 0.25) is 0 Å². The molecule has 2 rings (SSSR count). The molecule has 0 spiro atoms. The Morgan fingerprint density at radius 1 is 1.00 bits per heavy atom. The van der Waals surface area contributed by atoms with Crippen LogP contribution >= 0.6 is 27.5 Å². The lowest BCUT2D eigenvalue weighted by Gasteiger charge is -2.02. The van der Waals surface area contributed by atoms with Gasteiger partial charge in [-0.3, -0.25) is 5.43 Å². The van der Waals surface area contributed by atoms with E-state index in [9.17, 15) is 0 Å². The van der Waals surface area contributed by atoms with E-state index >= 15 is 0 Å². The van der Waals surface area contributed by atoms with E-state index in [1.807, 2.05) is 54.6 Å². The Kier molecular flexibility index (Phi) is 4.18. The van der Waals surface area contributed by atoms with Crippen LogP contribution in [0, 0.1) is 0 Å². The molecule has 0 bridgehead atoms. The molecule has 0 atom stereocenters. The largest absolute Gasteiger partial charge is 0.277 e. The second kappa shape index (κ2) is 5.84. The zero-order chi connectivity index (χ0) is 12.1. The summed E-state index contributed by atoms with van der Waals surface area (Å²) >= 11 is 9.44. The maximum atomic E-state index is 6.07. The number of halogens is 2. The number of hydrogen-bond donors (Lipinski definition) is 1. The maximum Gasteiger partial charge on any atom is 0.156 e. The van der Waals surface area contributed by atoms with Gasteiger partial charge in [0.1, 0.15) is 0 Å². The van der Waals surface area contributed by atoms with Gasteiger partial charge in [-0.05, 0) is 24.3 Å². The van der Waals surface area contributed by atoms with Gasteiger partial charge in [-0.15, -0.1) is 0 Å². The average Bonchev–Trinajstić information content (AvgIpc) is 2.39. The Labute approximate surface area is 113 Å². The number of hydrogen-bond acceptors (Lipinski definition) is 2. The lowest BCUT2D eigenvalue weighted by atomic mass is 10.2. The van der Waals surface area contributed by atoms with Crippen molar-refractivity contribution in [2.24, 2.45) is 5.10 Å². The summed E-state index contributed by atoms with van der Waals surface area (Å²) in [4.78, 5) is 0. The molecule has 2 aromatic carbocycles. The van der Waals surface area contributed by atoms with Crippen LogP contribution in [0.2, 0.25) is 0 Å². The molecule has 2 aromatic rings. The van der Waals surface area contributed by atoms with E-state index in [1.54, 1.807) is 0 Å². The van der Waals surface area contributed by atoms with Crippen molar-refractivity contribution in [3.63, 3.8) is 0 Å². The van der Waals surface area contributed by atoms with Crippen molar-refractivity contribution in [1.82, 2.24) is 0 Å². The summed E-state index contributed by atoms with van der Waals surface area (Å²) in [7, 11) is 0. The quantitative estimate of drug-likeness (QED) is 0.657. The highest BCUT2D eigenvalue weighted by atomic mass is 79.9. The van der Waals surface area contributed by atoms with Crippen molar-refractivity contribution in [2.45, 2.75) is 0 Å². The molecule has 0 aliphatic rings. The smallest absolute Gasteiger partial charge is 0.156 e. The minimum absolute atomic E-state index is 0.438. The Balaban J connectivity index is 2.08. The number of rotatable bonds is 3. The Hall–Kier alpha value is -1.32. The highest BCUT2D eigenvalue weighted by Gasteiger charge is 1.97. The molecule has 0 heterocycles. The van der Waals surface area contributed by atoms with E-state index in [-0.39, 0.29) is 0 Å². The van der Waals surface area contributed by atoms with Crippen LogP contribution in [-0.2, 0) is 0 Å². The zero-order valence-electron chi connectivity index (χ0n) is 8.90. The minimum Gasteiger partial charge on any atom is -0.277 e. The van der Waals surface area contributed by atoms with Gasteiger partial charge >= 0.3 is 0 Å². The molecule has 0 saturated heterocycles. The predicted molar refractivity (Wildman–Crippen MR) is 76.6 cm³/mol. The SMILES string of the molecule is Cl/C(=N\Nc1ccc(Br)cc1)c1ccccc1. The molecule has 2 nitrogen and oxygen atoms in total. The lowest BCUT2D eigenvalue weighted by Crippen LogP contribution is -1.96. The molecule has 17 heavy (non-hydrogen) atoms. The first-order valence-corrected chi connectivity index (χ1v) is 6.23. The molecule has 0 unspecified atom stereocenters. The molecule has 0 aromatic heterocycles. The number of anilines is 1. The van der Waals surface area contributed by atoms with Gasteiger partial charge < -0.3 is 0 Å². The number of hydrazone groups is 1. The van der Waals surface area contributed by atoms with E-state index in [2.05, 4.69) is 26.5 Å². The topological polar surface area (TPSA) is 24.4 Å². The molecule has 86 valence electrons. The van der Waals surface area contributed by atoms with E-state index in [0.29, 0.717) is 5.17 Å². The predicted octanol–water partition coefficient (Wildman–Crippen LogP) is 4.46. The highest BCUT2D eigenvalue weighted by Crippen LogP contribution is 2.14. The molecule has 4 heteroatoms. The third-order valence-electron chi connectivity index (χ3n) is 2.14. The minimum atomic E-state index is 0.438. The Morgan fingerprint density at radius 2 is 1.65 bits per heavy atom. The summed E-state index contributed by atoms with van der Waals surface area (Å²) in [6.07, 6.45) is 0. The monoisotopic (exact) mass is 308 g/mol. The first-order valence-electron chi connectivity index (χ1n) is 5.06. The maximum absolute atomic E-state index is 6.07. The summed E-state index contributed by atoms with van der Waals surface area (Å²) in [5.41, 5.74) is 4.68. The molecular weight excluding hydrogens is 300 g/mol. The van der Waals surface area contributed by atoms with Crippen molar-refractivity contribution < 1.29 is 0 Å². The summed E-state index contributed by atoms with van der Waals surface area (Å²) in [6.45, 7) is 0. The van der Waals surface area contributed by atoms with Gasteiger partial charge in [-0.2, -0.15) is 5.10 Å². The van der Waals surface area contributed by atoms with E-state index in [0.717, 1.165) is 15.7 Å². The van der Waals surface area contributed by atoms with Crippen LogP contribution in [0.15, 0.2) is 64.2 Å². The Morgan fingerprint density at radius 3 is 2.29 bits per heavy atom. The average molecular weight is 310 g/mol. The second-order valence-corrected chi connectivity index (χ2v) is 4.66. The first kappa shape index (κ1) is 12.1. The van der Waals surface area contributed by atoms with Crippen LogP contribution in [0.5, 0.6) is 0 Å². The number of nitrogens with zero attached hydrogens (tertiary/aromatic N) is 1. The van der Waals surface area contributed by atoms with Crippen molar-refractivity contribution >= 4 is 38.4 Å². The first-order chi connectivity index (χ1) is 8.25. The van der Waals surface area contributed by atoms with Crippen LogP contribution in [0.25, 0.3) is 0 Å². The molecule has 0 fully saturated rings. The molecule has 1 N–H and O–H groups in total. The molecule has 0 radical (unpaired) electrons. The number of benzene rings is 2. The van der Waals surface area contributed by atoms with Gasteiger partial charge in [0.25, 0.3) is 0 Å². The van der Waals surface area contributed by atoms with Gasteiger partial charge in [0.15, 0.2) is 5.17 Å². The standard InChI is InChI=1S/C13H10BrClN2/c14-11-6-8-12(9-7-11)16-17-13(15)10-4-2-1-3-5-10/h1-9,16H/b17-13-. The van der Waals surface area contributed by atoms with Gasteiger partial charge in [-0.1, -0.05) is 57.9 Å². The summed E-state index contributed by atoms with van der Waals surface area (Å²) in [5.74, 6) is 0. The van der Waals surface area contributed by atoms with Gasteiger partial charge in [-0.25, -0.2) is 0 Å². The molecule has 0 saturated carbocycles. The Bertz CT molecular complexity index is 509. The number of nitrogens with one attached hydrogen (secondary N) is 1. The van der Waals surface area contributed by atoms with Crippen LogP contribution < -0.4 is 5.43 Å². The lowest BCUT2D eigenvalue weighted by molar-refractivity contribution is 1.34. The third kappa shape index (κ3) is 3.58. The third-order valence-corrected chi connectivity index (χ3v) is 2.97. The van der Waals surface area contributed by atoms with E-state index < -0.39 is 0 Å². The molecule has 0 amide bonds. The second-order valence-electron chi connectivity index (χ2n) is 3.39. The van der Waals surface area contributed by atoms with Crippen LogP contribution in [0.4, 0.5) is 5.69 Å². The van der Waals surface area contributed by atoms with Gasteiger partial charge in [0, 0.05) is 10.0 Å². The van der Waals surface area contributed by atoms with Crippen molar-refractivity contribution in [2.75, 3.05) is 5.43 Å². The molecular formula is C13H10BrClN2. The summed E-state index contributed by atoms with van der Waals surface area (Å²) < 4.78 is 1.03. The van der Waals surface area contributed by atoms with Crippen LogP contribution in [0.3, 0.4) is 0 Å².